The molecule has 0 N–H and O–H groups in total. The van der Waals surface area contributed by atoms with Gasteiger partial charge in [-0.2, -0.15) is 0 Å². The predicted molar refractivity (Wildman–Crippen MR) is 634 cm³/mol. The van der Waals surface area contributed by atoms with E-state index in [1.54, 1.807) is 0 Å². The van der Waals surface area contributed by atoms with Gasteiger partial charge in [-0.15, -0.1) is 0 Å². The standard InChI is InChI=1S/3C48H30N2/c1-3-12-33-26-37(22-20-31(33)10-1)47-40-15-6-7-16-41(40)48(38-23-21-32-11-2-4-13-34(32)27-38)43-29-36(24-25-42(43)47)45-18-9-19-46(50-45)39-28-35-14-5-8-17-44(35)49-30-39;1-3-11-33-25-37(19-17-31(33)9-1)47-41-14-6-7-15-42(41)48(38-20-18-32-10-2-4-12-34(32)26-38)44-28-35(21-23-43(44)47)39-22-24-46(49-29-39)40-27-36-13-5-8-16-45(36)50-30-40;1-3-11-33-25-36(19-17-31(33)9-1)47-41-15-7-8-16-42(41)48(37-20-18-32-10-2-4-12-34(32)26-37)44-27-35(21-23-43(44)47)38-22-24-46(50-29-38)45-30-49-28-39-13-5-6-14-40(39)45/h3*1-30H. The third-order valence-corrected chi connectivity index (χ3v) is 30.3. The molecule has 30 aromatic rings. The summed E-state index contributed by atoms with van der Waals surface area (Å²) in [5, 5.41) is 34.2. The van der Waals surface area contributed by atoms with Gasteiger partial charge in [-0.05, 0) is 316 Å². The Balaban J connectivity index is 0.000000108. The van der Waals surface area contributed by atoms with Crippen LogP contribution in [0.2, 0.25) is 0 Å². The first kappa shape index (κ1) is 87.8. The van der Waals surface area contributed by atoms with Crippen molar-refractivity contribution < 1.29 is 0 Å². The molecule has 30 rings (SSSR count). The molecule has 0 aliphatic carbocycles. The molecule has 696 valence electrons. The zero-order valence-electron chi connectivity index (χ0n) is 81.6. The zero-order valence-corrected chi connectivity index (χ0v) is 81.6. The van der Waals surface area contributed by atoms with E-state index in [4.69, 9.17) is 19.9 Å². The highest BCUT2D eigenvalue weighted by Gasteiger charge is 2.25. The van der Waals surface area contributed by atoms with Crippen LogP contribution in [-0.4, -0.2) is 29.9 Å². The van der Waals surface area contributed by atoms with Crippen LogP contribution in [0.25, 0.3) is 296 Å². The lowest BCUT2D eigenvalue weighted by molar-refractivity contribution is 1.30. The molecular weight excluding hydrogens is 1810 g/mol. The van der Waals surface area contributed by atoms with Crippen LogP contribution in [0.5, 0.6) is 0 Å². The van der Waals surface area contributed by atoms with Crippen LogP contribution in [0.3, 0.4) is 0 Å². The Morgan fingerprint density at radius 1 is 0.113 bits per heavy atom. The molecule has 0 unspecified atom stereocenters. The predicted octanol–water partition coefficient (Wildman–Crippen LogP) is 38.7. The molecule has 6 heteroatoms. The Labute approximate surface area is 866 Å². The van der Waals surface area contributed by atoms with Crippen LogP contribution in [0.4, 0.5) is 0 Å². The summed E-state index contributed by atoms with van der Waals surface area (Å²) in [4.78, 5) is 29.0. The van der Waals surface area contributed by atoms with Crippen LogP contribution in [0.15, 0.2) is 547 Å². The largest absolute Gasteiger partial charge is 0.263 e. The van der Waals surface area contributed by atoms with Crippen LogP contribution >= 0.6 is 0 Å². The van der Waals surface area contributed by atoms with E-state index in [1.165, 1.54) is 196 Å². The lowest BCUT2D eigenvalue weighted by Gasteiger charge is -2.19. The molecule has 0 amide bonds. The van der Waals surface area contributed by atoms with E-state index in [0.717, 1.165) is 99.9 Å². The first-order valence-electron chi connectivity index (χ1n) is 51.2. The van der Waals surface area contributed by atoms with Crippen molar-refractivity contribution in [3.05, 3.63) is 547 Å². The van der Waals surface area contributed by atoms with Crippen molar-refractivity contribution in [3.63, 3.8) is 0 Å². The summed E-state index contributed by atoms with van der Waals surface area (Å²) >= 11 is 0. The Kier molecular flexibility index (Phi) is 21.9. The van der Waals surface area contributed by atoms with Gasteiger partial charge >= 0.3 is 0 Å². The number of para-hydroxylation sites is 2. The molecule has 0 fully saturated rings. The third kappa shape index (κ3) is 16.0. The molecule has 0 aliphatic heterocycles. The highest BCUT2D eigenvalue weighted by atomic mass is 14.7. The highest BCUT2D eigenvalue weighted by Crippen LogP contribution is 2.52. The quantitative estimate of drug-likeness (QED) is 0.113. The number of pyridine rings is 6. The van der Waals surface area contributed by atoms with Gasteiger partial charge in [0.2, 0.25) is 0 Å². The first-order chi connectivity index (χ1) is 74.3. The molecule has 0 atom stereocenters. The molecule has 150 heavy (non-hydrogen) atoms. The van der Waals surface area contributed by atoms with Crippen molar-refractivity contribution in [1.82, 2.24) is 29.9 Å². The van der Waals surface area contributed by atoms with Gasteiger partial charge < -0.3 is 0 Å². The number of rotatable bonds is 12. The van der Waals surface area contributed by atoms with E-state index >= 15 is 0 Å². The number of fused-ring (bicyclic) bond motifs is 15. The fourth-order valence-electron chi connectivity index (χ4n) is 22.9. The Morgan fingerprint density at radius 2 is 0.360 bits per heavy atom. The second-order valence-electron chi connectivity index (χ2n) is 39.1. The van der Waals surface area contributed by atoms with Gasteiger partial charge in [0.25, 0.3) is 0 Å². The maximum Gasteiger partial charge on any atom is 0.0725 e. The van der Waals surface area contributed by atoms with Crippen LogP contribution in [0.1, 0.15) is 0 Å². The van der Waals surface area contributed by atoms with Gasteiger partial charge in [0.05, 0.1) is 33.8 Å². The van der Waals surface area contributed by atoms with Crippen molar-refractivity contribution >= 4 is 162 Å². The lowest BCUT2D eigenvalue weighted by Crippen LogP contribution is -1.93. The smallest absolute Gasteiger partial charge is 0.0725 e. The number of hydrogen-bond acceptors (Lipinski definition) is 6. The van der Waals surface area contributed by atoms with Crippen molar-refractivity contribution in [3.8, 4) is 134 Å². The van der Waals surface area contributed by atoms with Crippen LogP contribution < -0.4 is 0 Å². The van der Waals surface area contributed by atoms with E-state index in [9.17, 15) is 0 Å². The normalized spacial score (nSPS) is 11.6. The highest BCUT2D eigenvalue weighted by molar-refractivity contribution is 6.27. The summed E-state index contributed by atoms with van der Waals surface area (Å²) in [5.74, 6) is 0. The second-order valence-corrected chi connectivity index (χ2v) is 39.1. The molecule has 6 aromatic heterocycles. The molecule has 6 nitrogen and oxygen atoms in total. The van der Waals surface area contributed by atoms with E-state index < -0.39 is 0 Å². The van der Waals surface area contributed by atoms with Crippen LogP contribution in [0, 0.1) is 0 Å². The second kappa shape index (κ2) is 37.4. The van der Waals surface area contributed by atoms with Gasteiger partial charge in [-0.1, -0.05) is 406 Å². The fraction of sp³-hybridized carbons (Fsp3) is 0. The molecule has 0 aliphatic rings. The maximum absolute atomic E-state index is 5.21. The summed E-state index contributed by atoms with van der Waals surface area (Å²) < 4.78 is 0. The first-order valence-corrected chi connectivity index (χ1v) is 51.2. The number of hydrogen-bond donors (Lipinski definition) is 0. The van der Waals surface area contributed by atoms with E-state index in [1.807, 2.05) is 73.6 Å². The minimum absolute atomic E-state index is 0.908. The molecule has 0 bridgehead atoms. The minimum Gasteiger partial charge on any atom is -0.263 e. The van der Waals surface area contributed by atoms with Crippen molar-refractivity contribution in [2.24, 2.45) is 0 Å². The summed E-state index contributed by atoms with van der Waals surface area (Å²) in [5.41, 5.74) is 29.0. The molecule has 0 saturated carbocycles. The molecule has 6 heterocycles. The third-order valence-electron chi connectivity index (χ3n) is 30.3. The Bertz CT molecular complexity index is 10700. The average Bonchev–Trinajstić information content (AvgIpc) is 0.731. The summed E-state index contributed by atoms with van der Waals surface area (Å²) in [6, 6.07) is 184. The molecule has 0 saturated heterocycles. The van der Waals surface area contributed by atoms with Gasteiger partial charge in [0.1, 0.15) is 0 Å². The van der Waals surface area contributed by atoms with Crippen molar-refractivity contribution in [1.29, 1.82) is 0 Å². The number of aromatic nitrogens is 6. The zero-order chi connectivity index (χ0) is 99.1. The molecule has 24 aromatic carbocycles. The Hall–Kier alpha value is -19.9. The van der Waals surface area contributed by atoms with Gasteiger partial charge in [0.15, 0.2) is 0 Å². The van der Waals surface area contributed by atoms with Crippen LogP contribution in [-0.2, 0) is 0 Å². The monoisotopic (exact) mass is 1900 g/mol. The Morgan fingerprint density at radius 3 is 0.707 bits per heavy atom. The van der Waals surface area contributed by atoms with E-state index in [-0.39, 0.29) is 0 Å². The summed E-state index contributed by atoms with van der Waals surface area (Å²) in [6.07, 6.45) is 11.6. The SMILES string of the molecule is c1cc(-c2cnc3ccccc3c2)nc(-c2ccc3c(-c4ccc5ccccc5c4)c4ccccc4c(-c4ccc5ccccc5c4)c3c2)c1.c1ccc2cc(-c3c4ccccc4c(-c4ccc5ccccc5c4)c4cc(-c5ccc(-c6cnc7ccccc7c6)nc5)ccc34)ccc2c1.c1ccc2cc(-c3c4ccccc4c(-c4ccc5ccccc5c4)c4cc(-c5ccc(-c6cncc7ccccc67)nc5)ccc34)ccc2c1. The molecule has 0 spiro atoms. The van der Waals surface area contributed by atoms with Crippen molar-refractivity contribution in [2.45, 2.75) is 0 Å². The summed E-state index contributed by atoms with van der Waals surface area (Å²) in [7, 11) is 0. The lowest BCUT2D eigenvalue weighted by atomic mass is 9.84. The molecule has 0 radical (unpaired) electrons. The average molecular weight is 1900 g/mol. The van der Waals surface area contributed by atoms with Crippen molar-refractivity contribution in [2.75, 3.05) is 0 Å². The fourth-order valence-corrected chi connectivity index (χ4v) is 22.9. The maximum atomic E-state index is 5.21. The van der Waals surface area contributed by atoms with Gasteiger partial charge in [-0.25, -0.2) is 4.98 Å². The van der Waals surface area contributed by atoms with E-state index in [0.29, 0.717) is 0 Å². The summed E-state index contributed by atoms with van der Waals surface area (Å²) in [6.45, 7) is 0. The minimum atomic E-state index is 0.908. The van der Waals surface area contributed by atoms with Gasteiger partial charge in [-0.3, -0.25) is 24.9 Å². The number of nitrogens with zero attached hydrogens (tertiary/aromatic N) is 6. The molecular formula is C144H90N6. The number of benzene rings is 24. The topological polar surface area (TPSA) is 77.3 Å². The van der Waals surface area contributed by atoms with E-state index in [2.05, 4.69) is 483 Å². The van der Waals surface area contributed by atoms with Gasteiger partial charge in [0, 0.05) is 86.7 Å².